The number of hydrogen-bond donors (Lipinski definition) is 0. The van der Waals surface area contributed by atoms with Gasteiger partial charge in [0.05, 0.1) is 6.61 Å². The van der Waals surface area contributed by atoms with Crippen LogP contribution in [0.2, 0.25) is 0 Å². The van der Waals surface area contributed by atoms with E-state index in [-0.39, 0.29) is 18.7 Å². The van der Waals surface area contributed by atoms with E-state index < -0.39 is 6.29 Å². The molecule has 2 bridgehead atoms. The van der Waals surface area contributed by atoms with Crippen LogP contribution in [0.1, 0.15) is 115 Å². The van der Waals surface area contributed by atoms with Crippen molar-refractivity contribution in [1.29, 1.82) is 0 Å². The number of unbranched alkanes of at least 4 members (excludes halogenated alkanes) is 4. The largest absolute Gasteiger partial charge is 0.430 e. The lowest BCUT2D eigenvalue weighted by molar-refractivity contribution is -0.230. The summed E-state index contributed by atoms with van der Waals surface area (Å²) in [5.74, 6) is -0.360. The molecular formula is C30H44O4. The zero-order valence-electron chi connectivity index (χ0n) is 21.4. The molecule has 1 saturated heterocycles. The van der Waals surface area contributed by atoms with Crippen molar-refractivity contribution in [2.45, 2.75) is 115 Å². The molecule has 1 aromatic rings. The van der Waals surface area contributed by atoms with Crippen LogP contribution in [-0.2, 0) is 24.4 Å². The minimum Gasteiger partial charge on any atom is -0.430 e. The highest BCUT2D eigenvalue weighted by Gasteiger charge is 2.48. The molecule has 4 fully saturated rings. The molecule has 4 nitrogen and oxygen atoms in total. The first kappa shape index (κ1) is 25.4. The second kappa shape index (κ2) is 11.9. The SMILES string of the molecule is CCCCC=CC(=O)OC1COC(c2ccc(C34CCC(CCCCC)(CC3)CC4)cc2)CO1. The molecule has 0 amide bonds. The fourth-order valence-electron chi connectivity index (χ4n) is 6.29. The molecule has 1 aromatic carbocycles. The fourth-order valence-corrected chi connectivity index (χ4v) is 6.29. The summed E-state index contributed by atoms with van der Waals surface area (Å²) >= 11 is 0. The van der Waals surface area contributed by atoms with Crippen LogP contribution in [0.4, 0.5) is 0 Å². The molecule has 0 N–H and O–H groups in total. The van der Waals surface area contributed by atoms with Gasteiger partial charge in [-0.15, -0.1) is 0 Å². The molecule has 5 rings (SSSR count). The molecule has 2 unspecified atom stereocenters. The predicted octanol–water partition coefficient (Wildman–Crippen LogP) is 7.56. The first-order valence-electron chi connectivity index (χ1n) is 13.8. The number of hydrogen-bond acceptors (Lipinski definition) is 4. The molecule has 3 saturated carbocycles. The standard InChI is InChI=1S/C30H44O4/c1-3-5-7-8-10-27(31)34-28-23-32-26(22-33-28)24-11-13-25(14-12-24)30-19-16-29(17-20-30,18-21-30)15-9-6-4-2/h8,10-14,26,28H,3-7,9,15-23H2,1-2H3. The Labute approximate surface area is 206 Å². The van der Waals surface area contributed by atoms with Gasteiger partial charge in [0.15, 0.2) is 0 Å². The zero-order valence-corrected chi connectivity index (χ0v) is 21.4. The molecule has 0 aromatic heterocycles. The summed E-state index contributed by atoms with van der Waals surface area (Å²) in [4.78, 5) is 11.9. The van der Waals surface area contributed by atoms with Gasteiger partial charge in [0.25, 0.3) is 0 Å². The molecule has 4 aliphatic rings. The third-order valence-corrected chi connectivity index (χ3v) is 8.70. The number of ether oxygens (including phenoxy) is 3. The average molecular weight is 469 g/mol. The highest BCUT2D eigenvalue weighted by atomic mass is 16.7. The Balaban J connectivity index is 1.25. The van der Waals surface area contributed by atoms with E-state index in [4.69, 9.17) is 14.2 Å². The lowest BCUT2D eigenvalue weighted by atomic mass is 9.51. The van der Waals surface area contributed by atoms with Crippen molar-refractivity contribution in [2.75, 3.05) is 13.2 Å². The van der Waals surface area contributed by atoms with Gasteiger partial charge >= 0.3 is 5.97 Å². The monoisotopic (exact) mass is 468 g/mol. The summed E-state index contributed by atoms with van der Waals surface area (Å²) in [7, 11) is 0. The van der Waals surface area contributed by atoms with Crippen LogP contribution in [0.15, 0.2) is 36.4 Å². The highest BCUT2D eigenvalue weighted by molar-refractivity contribution is 5.81. The Morgan fingerprint density at radius 1 is 0.941 bits per heavy atom. The third kappa shape index (κ3) is 6.12. The van der Waals surface area contributed by atoms with Gasteiger partial charge in [-0.25, -0.2) is 4.79 Å². The Bertz CT molecular complexity index is 779. The van der Waals surface area contributed by atoms with Gasteiger partial charge in [0, 0.05) is 6.08 Å². The molecular weight excluding hydrogens is 424 g/mol. The van der Waals surface area contributed by atoms with E-state index in [0.29, 0.717) is 17.4 Å². The van der Waals surface area contributed by atoms with Crippen molar-refractivity contribution < 1.29 is 19.0 Å². The number of allylic oxidation sites excluding steroid dienone is 1. The molecule has 3 aliphatic carbocycles. The quantitative estimate of drug-likeness (QED) is 0.191. The van der Waals surface area contributed by atoms with E-state index in [9.17, 15) is 4.79 Å². The smallest absolute Gasteiger partial charge is 0.332 e. The Morgan fingerprint density at radius 2 is 1.65 bits per heavy atom. The van der Waals surface area contributed by atoms with Gasteiger partial charge in [-0.05, 0) is 73.3 Å². The summed E-state index contributed by atoms with van der Waals surface area (Å²) in [5, 5.41) is 0. The summed E-state index contributed by atoms with van der Waals surface area (Å²) in [6.45, 7) is 5.11. The average Bonchev–Trinajstić information content (AvgIpc) is 2.88. The van der Waals surface area contributed by atoms with Crippen molar-refractivity contribution in [1.82, 2.24) is 0 Å². The highest BCUT2D eigenvalue weighted by Crippen LogP contribution is 2.59. The predicted molar refractivity (Wildman–Crippen MR) is 136 cm³/mol. The van der Waals surface area contributed by atoms with Crippen molar-refractivity contribution in [3.63, 3.8) is 0 Å². The zero-order chi connectivity index (χ0) is 23.9. The molecule has 2 atom stereocenters. The summed E-state index contributed by atoms with van der Waals surface area (Å²) in [5.41, 5.74) is 3.69. The van der Waals surface area contributed by atoms with Crippen molar-refractivity contribution in [2.24, 2.45) is 5.41 Å². The van der Waals surface area contributed by atoms with Crippen LogP contribution < -0.4 is 0 Å². The van der Waals surface area contributed by atoms with Crippen LogP contribution in [0.25, 0.3) is 0 Å². The molecule has 1 heterocycles. The Hall–Kier alpha value is -1.65. The maximum atomic E-state index is 11.9. The van der Waals surface area contributed by atoms with Crippen molar-refractivity contribution >= 4 is 5.97 Å². The number of rotatable bonds is 11. The van der Waals surface area contributed by atoms with E-state index in [1.807, 2.05) is 6.08 Å². The third-order valence-electron chi connectivity index (χ3n) is 8.70. The summed E-state index contributed by atoms with van der Waals surface area (Å²) < 4.78 is 17.1. The number of benzene rings is 1. The van der Waals surface area contributed by atoms with Crippen LogP contribution in [-0.4, -0.2) is 25.5 Å². The van der Waals surface area contributed by atoms with Crippen LogP contribution in [0.5, 0.6) is 0 Å². The normalized spacial score (nSPS) is 31.1. The van der Waals surface area contributed by atoms with Gasteiger partial charge in [-0.1, -0.05) is 76.3 Å². The molecule has 1 aliphatic heterocycles. The van der Waals surface area contributed by atoms with Gasteiger partial charge in [0.2, 0.25) is 6.29 Å². The second-order valence-electron chi connectivity index (χ2n) is 10.9. The van der Waals surface area contributed by atoms with Crippen molar-refractivity contribution in [3.8, 4) is 0 Å². The van der Waals surface area contributed by atoms with Gasteiger partial charge in [-0.3, -0.25) is 0 Å². The van der Waals surface area contributed by atoms with Gasteiger partial charge < -0.3 is 14.2 Å². The minimum absolute atomic E-state index is 0.106. The van der Waals surface area contributed by atoms with Crippen molar-refractivity contribution in [3.05, 3.63) is 47.5 Å². The van der Waals surface area contributed by atoms with E-state index in [1.165, 1.54) is 75.8 Å². The van der Waals surface area contributed by atoms with E-state index >= 15 is 0 Å². The second-order valence-corrected chi connectivity index (χ2v) is 10.9. The van der Waals surface area contributed by atoms with Gasteiger partial charge in [-0.2, -0.15) is 0 Å². The van der Waals surface area contributed by atoms with Crippen LogP contribution >= 0.6 is 0 Å². The lowest BCUT2D eigenvalue weighted by Gasteiger charge is -2.54. The number of carbonyl (C=O) groups excluding carboxylic acids is 1. The molecule has 0 spiro atoms. The Morgan fingerprint density at radius 3 is 2.26 bits per heavy atom. The van der Waals surface area contributed by atoms with E-state index in [1.54, 1.807) is 0 Å². The maximum absolute atomic E-state index is 11.9. The molecule has 34 heavy (non-hydrogen) atoms. The molecule has 0 radical (unpaired) electrons. The number of fused-ring (bicyclic) bond motifs is 3. The number of esters is 1. The maximum Gasteiger partial charge on any atom is 0.332 e. The lowest BCUT2D eigenvalue weighted by Crippen LogP contribution is -2.44. The number of carbonyl (C=O) groups is 1. The fraction of sp³-hybridized carbons (Fsp3) is 0.700. The van der Waals surface area contributed by atoms with Crippen LogP contribution in [0, 0.1) is 5.41 Å². The minimum atomic E-state index is -0.625. The molecule has 188 valence electrons. The summed E-state index contributed by atoms with van der Waals surface area (Å²) in [6, 6.07) is 9.11. The Kier molecular flexibility index (Phi) is 8.87. The summed E-state index contributed by atoms with van der Waals surface area (Å²) in [6.07, 6.45) is 19.6. The topological polar surface area (TPSA) is 44.8 Å². The van der Waals surface area contributed by atoms with E-state index in [2.05, 4.69) is 38.1 Å². The van der Waals surface area contributed by atoms with E-state index in [0.717, 1.165) is 24.8 Å². The van der Waals surface area contributed by atoms with Crippen LogP contribution in [0.3, 0.4) is 0 Å². The first-order valence-corrected chi connectivity index (χ1v) is 13.8. The first-order chi connectivity index (χ1) is 16.6. The van der Waals surface area contributed by atoms with Gasteiger partial charge in [0.1, 0.15) is 12.7 Å². The molecule has 4 heteroatoms.